The lowest BCUT2D eigenvalue weighted by atomic mass is 9.81. The lowest BCUT2D eigenvalue weighted by Crippen LogP contribution is -3.09. The number of aliphatic imine (C=N–C) groups is 3. The SMILES string of the molecule is N=C1N=C([O-])C2=NC[NH+](c3ccccc3Cc3cc4c(c(OC[C@H](O)CC=O)c3O[C@@H]3O[C@@H](C5(O)CCCC5)[C@H](O)[C@@H](O)[C@@H]3O)C(=O)c3cc(CO)ccc3C4=O)C2=N1. The number of hydrogen-bond acceptors (Lipinski definition) is 15. The molecule has 0 spiro atoms. The third-order valence-electron chi connectivity index (χ3n) is 11.4. The number of quaternary nitrogens is 1. The number of rotatable bonds is 12. The monoisotopic (exact) mass is 811 g/mol. The van der Waals surface area contributed by atoms with E-state index in [1.165, 1.54) is 24.3 Å². The van der Waals surface area contributed by atoms with Crippen LogP contribution in [0.5, 0.6) is 11.5 Å². The van der Waals surface area contributed by atoms with Crippen LogP contribution in [-0.4, -0.2) is 128 Å². The number of aliphatic hydroxyl groups excluding tert-OH is 5. The summed E-state index contributed by atoms with van der Waals surface area (Å²) in [4.78, 5) is 52.8. The third-order valence-corrected chi connectivity index (χ3v) is 11.4. The van der Waals surface area contributed by atoms with Crippen LogP contribution < -0.4 is 19.5 Å². The van der Waals surface area contributed by atoms with Crippen molar-refractivity contribution in [1.82, 2.24) is 0 Å². The largest absolute Gasteiger partial charge is 0.857 e. The molecule has 1 saturated heterocycles. The van der Waals surface area contributed by atoms with Crippen molar-refractivity contribution in [1.29, 1.82) is 5.41 Å². The minimum absolute atomic E-state index is 0.00274. The Labute approximate surface area is 335 Å². The number of amidine groups is 1. The summed E-state index contributed by atoms with van der Waals surface area (Å²) in [7, 11) is 0. The number of carbonyl (C=O) groups is 3. The number of benzene rings is 3. The minimum atomic E-state index is -1.92. The van der Waals surface area contributed by atoms with E-state index < -0.39 is 79.0 Å². The zero-order chi connectivity index (χ0) is 41.7. The Bertz CT molecular complexity index is 2340. The molecule has 0 aromatic heterocycles. The first-order chi connectivity index (χ1) is 28.3. The van der Waals surface area contributed by atoms with Gasteiger partial charge in [-0.1, -0.05) is 37.1 Å². The molecule has 3 aromatic carbocycles. The van der Waals surface area contributed by atoms with E-state index in [-0.39, 0.29) is 83.2 Å². The highest BCUT2D eigenvalue weighted by molar-refractivity contribution is 6.66. The molecule has 3 heterocycles. The average Bonchev–Trinajstić information content (AvgIpc) is 3.86. The van der Waals surface area contributed by atoms with Gasteiger partial charge in [0.15, 0.2) is 35.4 Å². The van der Waals surface area contributed by atoms with Crippen molar-refractivity contribution in [2.45, 2.75) is 87.5 Å². The van der Waals surface area contributed by atoms with Gasteiger partial charge in [-0.25, -0.2) is 14.9 Å². The molecule has 59 heavy (non-hydrogen) atoms. The van der Waals surface area contributed by atoms with Gasteiger partial charge in [-0.15, -0.1) is 0 Å². The molecule has 7 atom stereocenters. The highest BCUT2D eigenvalue weighted by atomic mass is 16.7. The van der Waals surface area contributed by atoms with E-state index >= 15 is 0 Å². The number of aldehydes is 1. The maximum atomic E-state index is 14.5. The van der Waals surface area contributed by atoms with Crippen LogP contribution in [0.1, 0.15) is 80.6 Å². The van der Waals surface area contributed by atoms with Crippen LogP contribution in [-0.2, 0) is 22.6 Å². The Morgan fingerprint density at radius 1 is 0.966 bits per heavy atom. The molecule has 18 nitrogen and oxygen atoms in total. The molecule has 2 aliphatic carbocycles. The first-order valence-electron chi connectivity index (χ1n) is 19.1. The van der Waals surface area contributed by atoms with Crippen molar-refractivity contribution in [3.8, 4) is 11.5 Å². The molecular weight excluding hydrogens is 770 g/mol. The number of nitrogens with one attached hydrogen (secondary N) is 2. The van der Waals surface area contributed by atoms with Crippen LogP contribution in [0.15, 0.2) is 63.5 Å². The van der Waals surface area contributed by atoms with E-state index in [4.69, 9.17) is 19.6 Å². The summed E-state index contributed by atoms with van der Waals surface area (Å²) in [5.41, 5.74) is -0.375. The van der Waals surface area contributed by atoms with E-state index in [1.807, 2.05) is 0 Å². The topological polar surface area (TPSA) is 289 Å². The second kappa shape index (κ2) is 15.9. The molecule has 3 aliphatic heterocycles. The van der Waals surface area contributed by atoms with Crippen molar-refractivity contribution in [3.05, 3.63) is 87.5 Å². The predicted molar refractivity (Wildman–Crippen MR) is 203 cm³/mol. The molecule has 0 amide bonds. The normalized spacial score (nSPS) is 26.3. The second-order valence-electron chi connectivity index (χ2n) is 15.2. The lowest BCUT2D eigenvalue weighted by Gasteiger charge is -2.45. The van der Waals surface area contributed by atoms with Crippen molar-refractivity contribution >= 4 is 46.9 Å². The van der Waals surface area contributed by atoms with Crippen LogP contribution >= 0.6 is 0 Å². The molecule has 308 valence electrons. The molecule has 5 aliphatic rings. The lowest BCUT2D eigenvalue weighted by molar-refractivity contribution is -0.723. The highest BCUT2D eigenvalue weighted by Crippen LogP contribution is 2.46. The molecule has 0 bridgehead atoms. The van der Waals surface area contributed by atoms with Gasteiger partial charge in [-0.3, -0.25) is 15.0 Å². The molecule has 8 rings (SSSR count). The van der Waals surface area contributed by atoms with Gasteiger partial charge in [0.25, 0.3) is 5.84 Å². The number of fused-ring (bicyclic) bond motifs is 3. The average molecular weight is 812 g/mol. The summed E-state index contributed by atoms with van der Waals surface area (Å²) in [6, 6.07) is 12.7. The number of ketones is 2. The highest BCUT2D eigenvalue weighted by Gasteiger charge is 2.54. The Balaban J connectivity index is 1.29. The fourth-order valence-electron chi connectivity index (χ4n) is 8.39. The summed E-state index contributed by atoms with van der Waals surface area (Å²) in [6.07, 6.45) is -8.41. The van der Waals surface area contributed by atoms with Gasteiger partial charge in [0.1, 0.15) is 43.0 Å². The molecule has 0 radical (unpaired) electrons. The van der Waals surface area contributed by atoms with Crippen LogP contribution in [0.2, 0.25) is 0 Å². The van der Waals surface area contributed by atoms with E-state index in [1.54, 1.807) is 24.3 Å². The van der Waals surface area contributed by atoms with Crippen LogP contribution in [0.3, 0.4) is 0 Å². The standard InChI is InChI=1S/C41H41N5O13/c42-40-44-37-28(38(55)45-40)43-18-46(37)26-6-2-1-5-20(26)14-21-15-25-27(30(51)24-13-19(16-48)7-8-23(24)29(25)50)35(57-17-22(49)9-12-47)34(21)58-39-33(54)31(52)32(53)36(59-39)41(56)10-3-4-11-41/h1-2,5-8,12-13,15,22,31-33,36,39,48-49,52-54,56H,3-4,9-11,14,16-18H2,(H2,42,45,55)/t22-,31-,32-,33+,36-,39-/m1/s1. The van der Waals surface area contributed by atoms with Crippen molar-refractivity contribution in [2.24, 2.45) is 15.0 Å². The Morgan fingerprint density at radius 3 is 2.47 bits per heavy atom. The maximum absolute atomic E-state index is 14.5. The van der Waals surface area contributed by atoms with Gasteiger partial charge in [-0.2, -0.15) is 4.99 Å². The van der Waals surface area contributed by atoms with E-state index in [9.17, 15) is 50.1 Å². The maximum Gasteiger partial charge on any atom is 0.262 e. The Kier molecular flexibility index (Phi) is 10.8. The quantitative estimate of drug-likeness (QED) is 0.0750. The first kappa shape index (κ1) is 40.2. The minimum Gasteiger partial charge on any atom is -0.857 e. The number of ether oxygens (including phenoxy) is 3. The van der Waals surface area contributed by atoms with E-state index in [0.29, 0.717) is 40.8 Å². The fraction of sp³-hybridized carbons (Fsp3) is 0.390. The van der Waals surface area contributed by atoms with Crippen molar-refractivity contribution < 1.29 is 69.2 Å². The smallest absolute Gasteiger partial charge is 0.262 e. The predicted octanol–water partition coefficient (Wildman–Crippen LogP) is -1.60. The number of hydrogen-bond donors (Lipinski definition) is 8. The van der Waals surface area contributed by atoms with E-state index in [0.717, 1.165) is 0 Å². The van der Waals surface area contributed by atoms with Crippen LogP contribution in [0.4, 0.5) is 5.69 Å². The van der Waals surface area contributed by atoms with Crippen LogP contribution in [0.25, 0.3) is 0 Å². The molecule has 2 fully saturated rings. The Hall–Kier alpha value is -5.57. The van der Waals surface area contributed by atoms with Gasteiger partial charge >= 0.3 is 0 Å². The molecule has 18 heteroatoms. The van der Waals surface area contributed by atoms with Gasteiger partial charge < -0.3 is 54.8 Å². The first-order valence-corrected chi connectivity index (χ1v) is 19.1. The van der Waals surface area contributed by atoms with Gasteiger partial charge in [0.2, 0.25) is 12.2 Å². The molecule has 1 saturated carbocycles. The summed E-state index contributed by atoms with van der Waals surface area (Å²) in [6.45, 7) is -0.980. The number of carbonyl (C=O) groups excluding carboxylic acids is 3. The van der Waals surface area contributed by atoms with Gasteiger partial charge in [0, 0.05) is 46.6 Å². The number of para-hydroxylation sites is 1. The summed E-state index contributed by atoms with van der Waals surface area (Å²) < 4.78 is 18.7. The summed E-state index contributed by atoms with van der Waals surface area (Å²) in [5.74, 6) is -2.96. The van der Waals surface area contributed by atoms with Crippen LogP contribution in [0, 0.1) is 5.41 Å². The molecule has 1 unspecified atom stereocenters. The number of nitrogens with zero attached hydrogens (tertiary/aromatic N) is 3. The third kappa shape index (κ3) is 7.16. The zero-order valence-electron chi connectivity index (χ0n) is 31.4. The van der Waals surface area contributed by atoms with E-state index in [2.05, 4.69) is 15.0 Å². The molecule has 3 aromatic rings. The fourth-order valence-corrected chi connectivity index (χ4v) is 8.39. The van der Waals surface area contributed by atoms with Gasteiger partial charge in [-0.05, 0) is 42.7 Å². The Morgan fingerprint density at radius 2 is 1.73 bits per heavy atom. The van der Waals surface area contributed by atoms with Crippen molar-refractivity contribution in [3.63, 3.8) is 0 Å². The molecule has 8 N–H and O–H groups in total. The van der Waals surface area contributed by atoms with Crippen molar-refractivity contribution in [2.75, 3.05) is 13.3 Å². The number of guanidine groups is 1. The summed E-state index contributed by atoms with van der Waals surface area (Å²) in [5, 5.41) is 86.1. The summed E-state index contributed by atoms with van der Waals surface area (Å²) >= 11 is 0. The number of aliphatic hydroxyl groups is 6. The van der Waals surface area contributed by atoms with Gasteiger partial charge in [0.05, 0.1) is 23.9 Å². The second-order valence-corrected chi connectivity index (χ2v) is 15.2. The zero-order valence-corrected chi connectivity index (χ0v) is 31.4. The molecular formula is C41H41N5O13.